The number of allylic oxidation sites excluding steroid dienone is 2. The number of nitrogens with zero attached hydrogens (tertiary/aromatic N) is 2. The summed E-state index contributed by atoms with van der Waals surface area (Å²) in [6, 6.07) is 4.19. The Hall–Kier alpha value is -2.34. The van der Waals surface area contributed by atoms with Crippen LogP contribution in [0.1, 0.15) is 33.1 Å². The van der Waals surface area contributed by atoms with Crippen LogP contribution in [0.2, 0.25) is 0 Å². The Balaban J connectivity index is 2.34. The van der Waals surface area contributed by atoms with E-state index in [-0.39, 0.29) is 31.5 Å². The Morgan fingerprint density at radius 1 is 1.22 bits per heavy atom. The van der Waals surface area contributed by atoms with Crippen LogP contribution in [0, 0.1) is 45.8 Å². The molecule has 1 unspecified atom stereocenters. The standard InChI is InChI=1S/C17H20N2O4/c1-3-22-15(20)17(16(21)23-4-2)7-11-5-13(9-18)14(10-19)6-12(11)8-17/h5,11-12,14H,3-4,6-8H2,1-2H3/t11-,12?,14-/m1/s1. The molecule has 23 heavy (non-hydrogen) atoms. The summed E-state index contributed by atoms with van der Waals surface area (Å²) >= 11 is 0. The van der Waals surface area contributed by atoms with Crippen LogP contribution < -0.4 is 0 Å². The third-order valence-electron chi connectivity index (χ3n) is 4.73. The molecule has 0 heterocycles. The van der Waals surface area contributed by atoms with Crippen LogP contribution in [0.4, 0.5) is 0 Å². The molecule has 0 spiro atoms. The molecule has 0 radical (unpaired) electrons. The highest BCUT2D eigenvalue weighted by Gasteiger charge is 2.58. The van der Waals surface area contributed by atoms with Crippen molar-refractivity contribution in [3.8, 4) is 12.1 Å². The number of esters is 2. The maximum atomic E-state index is 12.5. The summed E-state index contributed by atoms with van der Waals surface area (Å²) in [5.74, 6) is -1.67. The number of hydrogen-bond donors (Lipinski definition) is 0. The van der Waals surface area contributed by atoms with Gasteiger partial charge in [-0.1, -0.05) is 6.08 Å². The zero-order chi connectivity index (χ0) is 17.0. The largest absolute Gasteiger partial charge is 0.465 e. The molecule has 0 amide bonds. The summed E-state index contributed by atoms with van der Waals surface area (Å²) in [6.45, 7) is 3.77. The van der Waals surface area contributed by atoms with Gasteiger partial charge in [0.05, 0.1) is 31.3 Å². The fourth-order valence-electron chi connectivity index (χ4n) is 3.67. The van der Waals surface area contributed by atoms with E-state index in [0.717, 1.165) is 0 Å². The average molecular weight is 316 g/mol. The van der Waals surface area contributed by atoms with E-state index in [4.69, 9.17) is 9.47 Å². The van der Waals surface area contributed by atoms with Crippen molar-refractivity contribution in [3.63, 3.8) is 0 Å². The van der Waals surface area contributed by atoms with Crippen molar-refractivity contribution in [2.75, 3.05) is 13.2 Å². The van der Waals surface area contributed by atoms with Gasteiger partial charge in [-0.2, -0.15) is 10.5 Å². The van der Waals surface area contributed by atoms with Gasteiger partial charge in [0, 0.05) is 5.57 Å². The fraction of sp³-hybridized carbons (Fsp3) is 0.647. The van der Waals surface area contributed by atoms with E-state index in [1.165, 1.54) is 0 Å². The van der Waals surface area contributed by atoms with Crippen molar-refractivity contribution in [3.05, 3.63) is 11.6 Å². The molecule has 0 aliphatic heterocycles. The SMILES string of the molecule is CCOC(=O)C1(C(=O)OCC)CC2C[C@H](C#N)C(C#N)=C[C@@H]2C1. The van der Waals surface area contributed by atoms with Gasteiger partial charge in [0.15, 0.2) is 5.41 Å². The third kappa shape index (κ3) is 2.94. The van der Waals surface area contributed by atoms with Crippen molar-refractivity contribution >= 4 is 11.9 Å². The third-order valence-corrected chi connectivity index (χ3v) is 4.73. The van der Waals surface area contributed by atoms with E-state index in [1.807, 2.05) is 0 Å². The molecule has 0 aromatic rings. The molecule has 2 aliphatic rings. The second-order valence-electron chi connectivity index (χ2n) is 6.01. The summed E-state index contributed by atoms with van der Waals surface area (Å²) < 4.78 is 10.2. The zero-order valence-electron chi connectivity index (χ0n) is 13.4. The lowest BCUT2D eigenvalue weighted by Crippen LogP contribution is -2.40. The fourth-order valence-corrected chi connectivity index (χ4v) is 3.67. The van der Waals surface area contributed by atoms with Gasteiger partial charge in [0.2, 0.25) is 0 Å². The molecule has 0 saturated heterocycles. The van der Waals surface area contributed by atoms with E-state index in [0.29, 0.717) is 18.4 Å². The van der Waals surface area contributed by atoms with Gasteiger partial charge < -0.3 is 9.47 Å². The monoisotopic (exact) mass is 316 g/mol. The predicted molar refractivity (Wildman–Crippen MR) is 79.3 cm³/mol. The van der Waals surface area contributed by atoms with Gasteiger partial charge in [-0.05, 0) is 44.9 Å². The molecule has 3 atom stereocenters. The highest BCUT2D eigenvalue weighted by Crippen LogP contribution is 2.53. The Labute approximate surface area is 135 Å². The Bertz CT molecular complexity index is 593. The number of carbonyl (C=O) groups is 2. The lowest BCUT2D eigenvalue weighted by molar-refractivity contribution is -0.172. The molecule has 0 aromatic carbocycles. The van der Waals surface area contributed by atoms with Crippen LogP contribution in [0.25, 0.3) is 0 Å². The molecular formula is C17H20N2O4. The second-order valence-corrected chi connectivity index (χ2v) is 6.01. The number of fused-ring (bicyclic) bond motifs is 1. The maximum Gasteiger partial charge on any atom is 0.323 e. The summed E-state index contributed by atoms with van der Waals surface area (Å²) in [6.07, 6.45) is 2.82. The molecule has 122 valence electrons. The van der Waals surface area contributed by atoms with Crippen LogP contribution in [0.5, 0.6) is 0 Å². The molecule has 0 N–H and O–H groups in total. The smallest absolute Gasteiger partial charge is 0.323 e. The molecule has 0 bridgehead atoms. The van der Waals surface area contributed by atoms with Gasteiger partial charge in [0.1, 0.15) is 0 Å². The first-order valence-corrected chi connectivity index (χ1v) is 7.88. The first-order valence-electron chi connectivity index (χ1n) is 7.88. The lowest BCUT2D eigenvalue weighted by Gasteiger charge is -2.25. The molecule has 1 fully saturated rings. The van der Waals surface area contributed by atoms with Gasteiger partial charge >= 0.3 is 11.9 Å². The average Bonchev–Trinajstić information content (AvgIpc) is 2.93. The quantitative estimate of drug-likeness (QED) is 0.581. The molecule has 2 aliphatic carbocycles. The summed E-state index contributed by atoms with van der Waals surface area (Å²) in [7, 11) is 0. The number of carbonyl (C=O) groups excluding carboxylic acids is 2. The molecule has 6 nitrogen and oxygen atoms in total. The van der Waals surface area contributed by atoms with Crippen LogP contribution in [0.3, 0.4) is 0 Å². The lowest BCUT2D eigenvalue weighted by atomic mass is 9.77. The van der Waals surface area contributed by atoms with Gasteiger partial charge in [-0.15, -0.1) is 0 Å². The van der Waals surface area contributed by atoms with E-state index in [2.05, 4.69) is 12.1 Å². The van der Waals surface area contributed by atoms with E-state index in [9.17, 15) is 20.1 Å². The van der Waals surface area contributed by atoms with Gasteiger partial charge in [0.25, 0.3) is 0 Å². The van der Waals surface area contributed by atoms with Crippen LogP contribution >= 0.6 is 0 Å². The topological polar surface area (TPSA) is 100 Å². The van der Waals surface area contributed by atoms with Crippen molar-refractivity contribution < 1.29 is 19.1 Å². The molecule has 1 saturated carbocycles. The maximum absolute atomic E-state index is 12.5. The van der Waals surface area contributed by atoms with Crippen molar-refractivity contribution in [1.29, 1.82) is 10.5 Å². The zero-order valence-corrected chi connectivity index (χ0v) is 13.4. The van der Waals surface area contributed by atoms with Crippen molar-refractivity contribution in [2.24, 2.45) is 23.2 Å². The molecule has 2 rings (SSSR count). The number of hydrogen-bond acceptors (Lipinski definition) is 6. The minimum atomic E-state index is -1.32. The van der Waals surface area contributed by atoms with Crippen molar-refractivity contribution in [1.82, 2.24) is 0 Å². The van der Waals surface area contributed by atoms with Crippen LogP contribution in [-0.2, 0) is 19.1 Å². The summed E-state index contributed by atoms with van der Waals surface area (Å²) in [5, 5.41) is 18.4. The summed E-state index contributed by atoms with van der Waals surface area (Å²) in [5.41, 5.74) is -0.889. The van der Waals surface area contributed by atoms with Crippen LogP contribution in [-0.4, -0.2) is 25.2 Å². The summed E-state index contributed by atoms with van der Waals surface area (Å²) in [4.78, 5) is 24.9. The van der Waals surface area contributed by atoms with E-state index >= 15 is 0 Å². The minimum Gasteiger partial charge on any atom is -0.465 e. The highest BCUT2D eigenvalue weighted by atomic mass is 16.6. The number of nitriles is 2. The molecule has 0 aromatic heterocycles. The predicted octanol–water partition coefficient (Wildman–Crippen LogP) is 2.12. The normalized spacial score (nSPS) is 27.8. The molecular weight excluding hydrogens is 296 g/mol. The van der Waals surface area contributed by atoms with Gasteiger partial charge in [-0.25, -0.2) is 0 Å². The Morgan fingerprint density at radius 3 is 2.30 bits per heavy atom. The number of rotatable bonds is 4. The minimum absolute atomic E-state index is 0.00515. The first kappa shape index (κ1) is 17.0. The second kappa shape index (κ2) is 6.83. The number of ether oxygens (including phenoxy) is 2. The van der Waals surface area contributed by atoms with E-state index in [1.54, 1.807) is 19.9 Å². The van der Waals surface area contributed by atoms with Crippen LogP contribution in [0.15, 0.2) is 11.6 Å². The molecule has 6 heteroatoms. The van der Waals surface area contributed by atoms with Gasteiger partial charge in [-0.3, -0.25) is 9.59 Å². The first-order chi connectivity index (χ1) is 11.0. The highest BCUT2D eigenvalue weighted by molar-refractivity contribution is 6.00. The Kier molecular flexibility index (Phi) is 5.05. The van der Waals surface area contributed by atoms with E-state index < -0.39 is 23.3 Å². The Morgan fingerprint density at radius 2 is 1.83 bits per heavy atom. The van der Waals surface area contributed by atoms with Crippen molar-refractivity contribution in [2.45, 2.75) is 33.1 Å².